The molecule has 1 aliphatic rings. The zero-order chi connectivity index (χ0) is 16.3. The molecule has 1 amide bonds. The van der Waals surface area contributed by atoms with Crippen LogP contribution in [0, 0.1) is 0 Å². The van der Waals surface area contributed by atoms with Crippen LogP contribution in [-0.4, -0.2) is 34.8 Å². The van der Waals surface area contributed by atoms with Crippen LogP contribution in [0.3, 0.4) is 0 Å². The first-order valence-corrected chi connectivity index (χ1v) is 8.09. The maximum Gasteiger partial charge on any atom is 0.258 e. The Hall–Kier alpha value is -1.85. The molecule has 0 spiro atoms. The maximum absolute atomic E-state index is 12.1. The first-order valence-electron chi connectivity index (χ1n) is 7.71. The second-order valence-corrected chi connectivity index (χ2v) is 6.33. The third-order valence-electron chi connectivity index (χ3n) is 4.31. The van der Waals surface area contributed by atoms with Gasteiger partial charge in [0, 0.05) is 11.6 Å². The van der Waals surface area contributed by atoms with E-state index in [9.17, 15) is 9.90 Å². The van der Waals surface area contributed by atoms with Crippen molar-refractivity contribution in [2.75, 3.05) is 13.2 Å². The smallest absolute Gasteiger partial charge is 0.258 e. The standard InChI is InChI=1S/C17H19ClN2O3/c18-13-5-6-14(16-12(13)4-3-9-19-16)23-10-15(22)20-17(11-21)7-1-2-8-17/h3-6,9,21H,1-2,7-8,10-11H2,(H,20,22). The van der Waals surface area contributed by atoms with Gasteiger partial charge in [-0.15, -0.1) is 0 Å². The number of rotatable bonds is 5. The Balaban J connectivity index is 1.69. The number of fused-ring (bicyclic) bond motifs is 1. The summed E-state index contributed by atoms with van der Waals surface area (Å²) in [5.41, 5.74) is 0.145. The molecule has 6 heteroatoms. The Morgan fingerprint density at radius 2 is 2.13 bits per heavy atom. The highest BCUT2D eigenvalue weighted by molar-refractivity contribution is 6.35. The molecule has 2 N–H and O–H groups in total. The second-order valence-electron chi connectivity index (χ2n) is 5.93. The number of aromatic nitrogens is 1. The predicted octanol–water partition coefficient (Wildman–Crippen LogP) is 2.69. The van der Waals surface area contributed by atoms with Crippen LogP contribution in [0.15, 0.2) is 30.5 Å². The number of nitrogens with zero attached hydrogens (tertiary/aromatic N) is 1. The third kappa shape index (κ3) is 3.41. The van der Waals surface area contributed by atoms with E-state index in [0.29, 0.717) is 16.3 Å². The van der Waals surface area contributed by atoms with Gasteiger partial charge in [0.05, 0.1) is 17.2 Å². The van der Waals surface area contributed by atoms with Gasteiger partial charge in [-0.25, -0.2) is 0 Å². The normalized spacial score (nSPS) is 16.4. The highest BCUT2D eigenvalue weighted by Gasteiger charge is 2.34. The summed E-state index contributed by atoms with van der Waals surface area (Å²) in [7, 11) is 0. The van der Waals surface area contributed by atoms with E-state index in [1.807, 2.05) is 6.07 Å². The summed E-state index contributed by atoms with van der Waals surface area (Å²) in [6, 6.07) is 7.10. The lowest BCUT2D eigenvalue weighted by Gasteiger charge is -2.27. The topological polar surface area (TPSA) is 71.5 Å². The molecule has 0 unspecified atom stereocenters. The molecule has 0 saturated heterocycles. The van der Waals surface area contributed by atoms with Crippen molar-refractivity contribution in [3.05, 3.63) is 35.5 Å². The van der Waals surface area contributed by atoms with Crippen molar-refractivity contribution < 1.29 is 14.6 Å². The molecule has 1 heterocycles. The van der Waals surface area contributed by atoms with Crippen molar-refractivity contribution in [2.45, 2.75) is 31.2 Å². The minimum absolute atomic E-state index is 0.0375. The summed E-state index contributed by atoms with van der Waals surface area (Å²) in [6.45, 7) is -0.154. The van der Waals surface area contributed by atoms with Crippen molar-refractivity contribution in [3.63, 3.8) is 0 Å². The van der Waals surface area contributed by atoms with E-state index in [-0.39, 0.29) is 19.1 Å². The van der Waals surface area contributed by atoms with Gasteiger partial charge >= 0.3 is 0 Å². The number of ether oxygens (including phenoxy) is 1. The zero-order valence-corrected chi connectivity index (χ0v) is 13.5. The average molecular weight is 335 g/mol. The predicted molar refractivity (Wildman–Crippen MR) is 88.7 cm³/mol. The monoisotopic (exact) mass is 334 g/mol. The van der Waals surface area contributed by atoms with Crippen LogP contribution in [-0.2, 0) is 4.79 Å². The lowest BCUT2D eigenvalue weighted by molar-refractivity contribution is -0.125. The molecule has 1 aliphatic carbocycles. The molecule has 122 valence electrons. The molecule has 5 nitrogen and oxygen atoms in total. The van der Waals surface area contributed by atoms with Gasteiger partial charge in [0.15, 0.2) is 6.61 Å². The van der Waals surface area contributed by atoms with Gasteiger partial charge in [0.2, 0.25) is 0 Å². The van der Waals surface area contributed by atoms with Crippen LogP contribution < -0.4 is 10.1 Å². The number of benzene rings is 1. The maximum atomic E-state index is 12.1. The van der Waals surface area contributed by atoms with Gasteiger partial charge < -0.3 is 15.2 Å². The number of amides is 1. The van der Waals surface area contributed by atoms with Crippen molar-refractivity contribution in [2.24, 2.45) is 0 Å². The molecule has 0 atom stereocenters. The van der Waals surface area contributed by atoms with E-state index in [1.54, 1.807) is 24.4 Å². The lowest BCUT2D eigenvalue weighted by atomic mass is 9.99. The number of halogens is 1. The summed E-state index contributed by atoms with van der Waals surface area (Å²) in [5, 5.41) is 13.8. The minimum atomic E-state index is -0.485. The minimum Gasteiger partial charge on any atom is -0.481 e. The zero-order valence-electron chi connectivity index (χ0n) is 12.7. The highest BCUT2D eigenvalue weighted by Crippen LogP contribution is 2.30. The van der Waals surface area contributed by atoms with Crippen LogP contribution in [0.1, 0.15) is 25.7 Å². The molecule has 2 aromatic rings. The lowest BCUT2D eigenvalue weighted by Crippen LogP contribution is -2.50. The fourth-order valence-electron chi connectivity index (χ4n) is 3.08. The van der Waals surface area contributed by atoms with Gasteiger partial charge in [-0.1, -0.05) is 24.4 Å². The molecule has 1 aromatic carbocycles. The van der Waals surface area contributed by atoms with Gasteiger partial charge in [-0.3, -0.25) is 9.78 Å². The Bertz CT molecular complexity index is 714. The van der Waals surface area contributed by atoms with Crippen LogP contribution in [0.25, 0.3) is 10.9 Å². The van der Waals surface area contributed by atoms with Crippen LogP contribution in [0.4, 0.5) is 0 Å². The summed E-state index contributed by atoms with van der Waals surface area (Å²) in [4.78, 5) is 16.4. The molecular formula is C17H19ClN2O3. The Labute approximate surface area is 139 Å². The Morgan fingerprint density at radius 3 is 2.87 bits per heavy atom. The van der Waals surface area contributed by atoms with Gasteiger partial charge in [-0.2, -0.15) is 0 Å². The fraction of sp³-hybridized carbons (Fsp3) is 0.412. The number of nitrogens with one attached hydrogen (secondary N) is 1. The Morgan fingerprint density at radius 1 is 1.35 bits per heavy atom. The number of hydrogen-bond donors (Lipinski definition) is 2. The molecule has 3 rings (SSSR count). The van der Waals surface area contributed by atoms with Crippen LogP contribution in [0.5, 0.6) is 5.75 Å². The van der Waals surface area contributed by atoms with Crippen LogP contribution in [0.2, 0.25) is 5.02 Å². The largest absolute Gasteiger partial charge is 0.481 e. The molecular weight excluding hydrogens is 316 g/mol. The second kappa shape index (κ2) is 6.72. The summed E-state index contributed by atoms with van der Waals surface area (Å²) >= 11 is 6.14. The number of pyridine rings is 1. The molecule has 1 fully saturated rings. The van der Waals surface area contributed by atoms with E-state index in [0.717, 1.165) is 31.1 Å². The van der Waals surface area contributed by atoms with Gasteiger partial charge in [0.25, 0.3) is 5.91 Å². The van der Waals surface area contributed by atoms with E-state index in [4.69, 9.17) is 16.3 Å². The molecule has 23 heavy (non-hydrogen) atoms. The number of carbonyl (C=O) groups excluding carboxylic acids is 1. The molecule has 1 aromatic heterocycles. The van der Waals surface area contributed by atoms with E-state index < -0.39 is 5.54 Å². The first kappa shape index (κ1) is 16.0. The van der Waals surface area contributed by atoms with Crippen molar-refractivity contribution in [1.82, 2.24) is 10.3 Å². The summed E-state index contributed by atoms with van der Waals surface area (Å²) in [5.74, 6) is 0.282. The van der Waals surface area contributed by atoms with E-state index in [1.165, 1.54) is 0 Å². The van der Waals surface area contributed by atoms with Crippen molar-refractivity contribution in [3.8, 4) is 5.75 Å². The molecule has 0 aliphatic heterocycles. The average Bonchev–Trinajstić information content (AvgIpc) is 3.03. The number of hydrogen-bond acceptors (Lipinski definition) is 4. The molecule has 0 radical (unpaired) electrons. The van der Waals surface area contributed by atoms with Gasteiger partial charge in [-0.05, 0) is 37.1 Å². The number of aliphatic hydroxyl groups excluding tert-OH is 1. The van der Waals surface area contributed by atoms with E-state index >= 15 is 0 Å². The molecule has 0 bridgehead atoms. The van der Waals surface area contributed by atoms with E-state index in [2.05, 4.69) is 10.3 Å². The van der Waals surface area contributed by atoms with Crippen molar-refractivity contribution >= 4 is 28.4 Å². The third-order valence-corrected chi connectivity index (χ3v) is 4.64. The number of carbonyl (C=O) groups is 1. The van der Waals surface area contributed by atoms with Crippen LogP contribution >= 0.6 is 11.6 Å². The SMILES string of the molecule is O=C(COc1ccc(Cl)c2cccnc12)NC1(CO)CCCC1. The summed E-state index contributed by atoms with van der Waals surface area (Å²) in [6.07, 6.45) is 5.31. The molecule has 1 saturated carbocycles. The quantitative estimate of drug-likeness (QED) is 0.882. The highest BCUT2D eigenvalue weighted by atomic mass is 35.5. The van der Waals surface area contributed by atoms with Gasteiger partial charge in [0.1, 0.15) is 11.3 Å². The summed E-state index contributed by atoms with van der Waals surface area (Å²) < 4.78 is 5.62. The first-order chi connectivity index (χ1) is 11.1. The fourth-order valence-corrected chi connectivity index (χ4v) is 3.29. The number of aliphatic hydroxyl groups is 1. The Kier molecular flexibility index (Phi) is 4.68. The van der Waals surface area contributed by atoms with Crippen molar-refractivity contribution in [1.29, 1.82) is 0 Å².